The van der Waals surface area contributed by atoms with Gasteiger partial charge < -0.3 is 14.7 Å². The molecule has 26 heavy (non-hydrogen) atoms. The molecule has 6 nitrogen and oxygen atoms in total. The fourth-order valence-corrected chi connectivity index (χ4v) is 3.82. The van der Waals surface area contributed by atoms with Crippen LogP contribution in [0.1, 0.15) is 35.0 Å². The summed E-state index contributed by atoms with van der Waals surface area (Å²) in [5.74, 6) is 0.681. The van der Waals surface area contributed by atoms with Gasteiger partial charge in [-0.1, -0.05) is 17.3 Å². The second kappa shape index (κ2) is 7.07. The van der Waals surface area contributed by atoms with Crippen LogP contribution < -0.4 is 5.32 Å². The molecule has 7 heteroatoms. The van der Waals surface area contributed by atoms with Crippen LogP contribution in [-0.2, 0) is 13.0 Å². The SMILES string of the molecule is Cc1cc(CN2CCN(C(=O)NC3CCc4c(F)cccc43)CC2)on1. The number of piperazine rings is 1. The van der Waals surface area contributed by atoms with Crippen molar-refractivity contribution in [3.05, 3.63) is 52.7 Å². The second-order valence-corrected chi connectivity index (χ2v) is 7.05. The fraction of sp³-hybridized carbons (Fsp3) is 0.474. The van der Waals surface area contributed by atoms with Gasteiger partial charge in [-0.05, 0) is 37.0 Å². The van der Waals surface area contributed by atoms with Crippen molar-refractivity contribution in [3.63, 3.8) is 0 Å². The number of fused-ring (bicyclic) bond motifs is 1. The summed E-state index contributed by atoms with van der Waals surface area (Å²) >= 11 is 0. The zero-order valence-corrected chi connectivity index (χ0v) is 14.9. The molecule has 1 aromatic heterocycles. The molecular formula is C19H23FN4O2. The smallest absolute Gasteiger partial charge is 0.317 e. The van der Waals surface area contributed by atoms with E-state index in [1.165, 1.54) is 6.07 Å². The van der Waals surface area contributed by atoms with Crippen LogP contribution in [0.15, 0.2) is 28.8 Å². The number of rotatable bonds is 3. The minimum atomic E-state index is -0.171. The first-order valence-electron chi connectivity index (χ1n) is 9.07. The zero-order chi connectivity index (χ0) is 18.1. The number of carbonyl (C=O) groups excluding carboxylic acids is 1. The Morgan fingerprint density at radius 2 is 2.15 bits per heavy atom. The van der Waals surface area contributed by atoms with Crippen molar-refractivity contribution >= 4 is 6.03 Å². The fourth-order valence-electron chi connectivity index (χ4n) is 3.82. The van der Waals surface area contributed by atoms with Gasteiger partial charge in [-0.2, -0.15) is 0 Å². The van der Waals surface area contributed by atoms with Crippen molar-refractivity contribution in [1.82, 2.24) is 20.3 Å². The van der Waals surface area contributed by atoms with E-state index < -0.39 is 0 Å². The van der Waals surface area contributed by atoms with Gasteiger partial charge in [0, 0.05) is 32.2 Å². The van der Waals surface area contributed by atoms with Gasteiger partial charge in [0.25, 0.3) is 0 Å². The molecule has 0 bridgehead atoms. The number of aromatic nitrogens is 1. The maximum Gasteiger partial charge on any atom is 0.317 e. The van der Waals surface area contributed by atoms with Crippen LogP contribution in [0, 0.1) is 12.7 Å². The number of carbonyl (C=O) groups is 1. The van der Waals surface area contributed by atoms with Crippen molar-refractivity contribution < 1.29 is 13.7 Å². The Hall–Kier alpha value is -2.41. The molecule has 138 valence electrons. The molecule has 4 rings (SSSR count). The molecule has 2 amide bonds. The molecule has 1 aromatic carbocycles. The van der Waals surface area contributed by atoms with Crippen molar-refractivity contribution in [3.8, 4) is 0 Å². The summed E-state index contributed by atoms with van der Waals surface area (Å²) in [6.45, 7) is 5.54. The highest BCUT2D eigenvalue weighted by atomic mass is 19.1. The molecule has 1 atom stereocenters. The predicted octanol–water partition coefficient (Wildman–Crippen LogP) is 2.64. The highest BCUT2D eigenvalue weighted by molar-refractivity contribution is 5.75. The highest BCUT2D eigenvalue weighted by Gasteiger charge is 2.29. The quantitative estimate of drug-likeness (QED) is 0.916. The number of hydrogen-bond donors (Lipinski definition) is 1. The van der Waals surface area contributed by atoms with E-state index in [1.54, 1.807) is 6.07 Å². The number of amides is 2. The Bertz CT molecular complexity index is 799. The number of halogens is 1. The van der Waals surface area contributed by atoms with Crippen LogP contribution in [-0.4, -0.2) is 47.2 Å². The molecule has 1 aliphatic heterocycles. The van der Waals surface area contributed by atoms with E-state index in [1.807, 2.05) is 24.0 Å². The summed E-state index contributed by atoms with van der Waals surface area (Å²) in [6.07, 6.45) is 1.43. The zero-order valence-electron chi connectivity index (χ0n) is 14.9. The first-order valence-corrected chi connectivity index (χ1v) is 9.07. The monoisotopic (exact) mass is 358 g/mol. The van der Waals surface area contributed by atoms with Crippen LogP contribution >= 0.6 is 0 Å². The third-order valence-electron chi connectivity index (χ3n) is 5.23. The number of nitrogens with zero attached hydrogens (tertiary/aromatic N) is 3. The van der Waals surface area contributed by atoms with E-state index in [2.05, 4.69) is 15.4 Å². The summed E-state index contributed by atoms with van der Waals surface area (Å²) in [5.41, 5.74) is 2.54. The number of urea groups is 1. The Morgan fingerprint density at radius 3 is 2.88 bits per heavy atom. The van der Waals surface area contributed by atoms with Crippen molar-refractivity contribution in [1.29, 1.82) is 0 Å². The topological polar surface area (TPSA) is 61.6 Å². The minimum Gasteiger partial charge on any atom is -0.360 e. The van der Waals surface area contributed by atoms with E-state index in [9.17, 15) is 9.18 Å². The van der Waals surface area contributed by atoms with Gasteiger partial charge in [-0.15, -0.1) is 0 Å². The molecule has 0 spiro atoms. The Kier molecular flexibility index (Phi) is 4.63. The van der Waals surface area contributed by atoms with E-state index >= 15 is 0 Å². The lowest BCUT2D eigenvalue weighted by Gasteiger charge is -2.34. The Morgan fingerprint density at radius 1 is 1.35 bits per heavy atom. The first kappa shape index (κ1) is 17.0. The van der Waals surface area contributed by atoms with Crippen molar-refractivity contribution in [2.45, 2.75) is 32.4 Å². The third kappa shape index (κ3) is 3.44. The van der Waals surface area contributed by atoms with Gasteiger partial charge in [-0.25, -0.2) is 9.18 Å². The van der Waals surface area contributed by atoms with Crippen molar-refractivity contribution in [2.24, 2.45) is 0 Å². The van der Waals surface area contributed by atoms with Crippen LogP contribution in [0.5, 0.6) is 0 Å². The molecule has 1 aliphatic carbocycles. The largest absolute Gasteiger partial charge is 0.360 e. The molecule has 2 aliphatic rings. The average Bonchev–Trinajstić information content (AvgIpc) is 3.23. The summed E-state index contributed by atoms with van der Waals surface area (Å²) in [7, 11) is 0. The standard InChI is InChI=1S/C19H23FN4O2/c1-13-11-14(26-22-13)12-23-7-9-24(10-8-23)19(25)21-18-6-5-15-16(18)3-2-4-17(15)20/h2-4,11,18H,5-10,12H2,1H3,(H,21,25). The number of benzene rings is 1. The lowest BCUT2D eigenvalue weighted by atomic mass is 10.1. The predicted molar refractivity (Wildman–Crippen MR) is 94.1 cm³/mol. The maximum absolute atomic E-state index is 13.8. The summed E-state index contributed by atoms with van der Waals surface area (Å²) in [6, 6.07) is 6.88. The first-order chi connectivity index (χ1) is 12.6. The van der Waals surface area contributed by atoms with Gasteiger partial charge in [0.05, 0.1) is 18.3 Å². The molecular weight excluding hydrogens is 335 g/mol. The molecule has 2 aromatic rings. The average molecular weight is 358 g/mol. The number of hydrogen-bond acceptors (Lipinski definition) is 4. The summed E-state index contributed by atoms with van der Waals surface area (Å²) < 4.78 is 19.1. The molecule has 1 fully saturated rings. The highest BCUT2D eigenvalue weighted by Crippen LogP contribution is 2.32. The Labute approximate surface area is 151 Å². The number of nitrogens with one attached hydrogen (secondary N) is 1. The van der Waals surface area contributed by atoms with Gasteiger partial charge in [0.2, 0.25) is 0 Å². The summed E-state index contributed by atoms with van der Waals surface area (Å²) in [4.78, 5) is 16.7. The lowest BCUT2D eigenvalue weighted by Crippen LogP contribution is -2.51. The van der Waals surface area contributed by atoms with Crippen LogP contribution in [0.4, 0.5) is 9.18 Å². The van der Waals surface area contributed by atoms with E-state index in [0.29, 0.717) is 26.1 Å². The third-order valence-corrected chi connectivity index (χ3v) is 5.23. The normalized spacial score (nSPS) is 20.2. The number of aryl methyl sites for hydroxylation is 1. The molecule has 2 heterocycles. The minimum absolute atomic E-state index is 0.0673. The Balaban J connectivity index is 1.30. The molecule has 1 saturated heterocycles. The molecule has 0 saturated carbocycles. The van der Waals surface area contributed by atoms with Gasteiger partial charge in [-0.3, -0.25) is 4.90 Å². The second-order valence-electron chi connectivity index (χ2n) is 7.05. The molecule has 1 N–H and O–H groups in total. The summed E-state index contributed by atoms with van der Waals surface area (Å²) in [5, 5.41) is 6.98. The van der Waals surface area contributed by atoms with Gasteiger partial charge in [0.15, 0.2) is 5.76 Å². The maximum atomic E-state index is 13.8. The van der Waals surface area contributed by atoms with Gasteiger partial charge >= 0.3 is 6.03 Å². The van der Waals surface area contributed by atoms with E-state index in [-0.39, 0.29) is 17.9 Å². The van der Waals surface area contributed by atoms with E-state index in [0.717, 1.165) is 42.1 Å². The van der Waals surface area contributed by atoms with E-state index in [4.69, 9.17) is 4.52 Å². The lowest BCUT2D eigenvalue weighted by molar-refractivity contribution is 0.126. The van der Waals surface area contributed by atoms with Crippen molar-refractivity contribution in [2.75, 3.05) is 26.2 Å². The van der Waals surface area contributed by atoms with Crippen LogP contribution in [0.3, 0.4) is 0 Å². The van der Waals surface area contributed by atoms with Gasteiger partial charge in [0.1, 0.15) is 5.82 Å². The van der Waals surface area contributed by atoms with Crippen LogP contribution in [0.25, 0.3) is 0 Å². The molecule has 0 radical (unpaired) electrons. The van der Waals surface area contributed by atoms with Crippen LogP contribution in [0.2, 0.25) is 0 Å². The molecule has 1 unspecified atom stereocenters.